The van der Waals surface area contributed by atoms with Crippen LogP contribution in [0.2, 0.25) is 0 Å². The Kier molecular flexibility index (Phi) is 8.11. The number of aromatic amines is 1. The predicted octanol–water partition coefficient (Wildman–Crippen LogP) is 3.10. The first-order valence-corrected chi connectivity index (χ1v) is 16.0. The molecular weight excluding hydrogens is 558 g/mol. The van der Waals surface area contributed by atoms with Gasteiger partial charge in [0.25, 0.3) is 5.91 Å². The minimum atomic E-state index is -0.900. The Morgan fingerprint density at radius 1 is 1.09 bits per heavy atom. The molecule has 10 heteroatoms. The van der Waals surface area contributed by atoms with E-state index in [2.05, 4.69) is 41.4 Å². The number of para-hydroxylation sites is 1. The minimum absolute atomic E-state index is 0.0332. The van der Waals surface area contributed by atoms with E-state index in [0.29, 0.717) is 25.2 Å². The fraction of sp³-hybridized carbons (Fsp3) is 0.559. The number of nitrogens with zero attached hydrogens (tertiary/aromatic N) is 1. The molecule has 2 saturated carbocycles. The summed E-state index contributed by atoms with van der Waals surface area (Å²) in [5, 5.41) is 9.68. The molecule has 10 nitrogen and oxygen atoms in total. The maximum Gasteiger partial charge on any atom is 0.268 e. The van der Waals surface area contributed by atoms with E-state index in [9.17, 15) is 24.0 Å². The number of carbonyl (C=O) groups excluding carboxylic acids is 5. The number of hydrogen-bond acceptors (Lipinski definition) is 5. The van der Waals surface area contributed by atoms with Crippen LogP contribution in [0.3, 0.4) is 0 Å². The van der Waals surface area contributed by atoms with E-state index in [1.165, 1.54) is 6.08 Å². The Labute approximate surface area is 257 Å². The summed E-state index contributed by atoms with van der Waals surface area (Å²) in [4.78, 5) is 71.9. The van der Waals surface area contributed by atoms with Crippen molar-refractivity contribution in [2.24, 2.45) is 29.1 Å². The van der Waals surface area contributed by atoms with Crippen LogP contribution >= 0.6 is 0 Å². The molecule has 0 bridgehead atoms. The molecule has 0 unspecified atom stereocenters. The molecule has 6 atom stereocenters. The third-order valence-electron chi connectivity index (χ3n) is 10.8. The van der Waals surface area contributed by atoms with Crippen LogP contribution in [-0.2, 0) is 19.2 Å². The second kappa shape index (κ2) is 11.9. The van der Waals surface area contributed by atoms with Crippen LogP contribution < -0.4 is 16.0 Å². The van der Waals surface area contributed by atoms with Gasteiger partial charge in [-0.1, -0.05) is 57.9 Å². The van der Waals surface area contributed by atoms with Gasteiger partial charge in [0.1, 0.15) is 17.8 Å². The zero-order chi connectivity index (χ0) is 31.2. The van der Waals surface area contributed by atoms with Crippen molar-refractivity contribution in [2.45, 2.75) is 76.9 Å². The third kappa shape index (κ3) is 5.55. The number of H-pyrrole nitrogens is 1. The van der Waals surface area contributed by atoms with Crippen LogP contribution in [0.1, 0.15) is 69.3 Å². The molecule has 4 aliphatic rings. The predicted molar refractivity (Wildman–Crippen MR) is 165 cm³/mol. The molecule has 0 radical (unpaired) electrons. The summed E-state index contributed by atoms with van der Waals surface area (Å²) in [5.74, 6) is -1.77. The largest absolute Gasteiger partial charge is 0.356 e. The topological polar surface area (TPSA) is 140 Å². The molecule has 2 aliphatic carbocycles. The summed E-state index contributed by atoms with van der Waals surface area (Å²) in [5.41, 5.74) is 1.10. The van der Waals surface area contributed by atoms with E-state index in [0.717, 1.165) is 43.0 Å². The van der Waals surface area contributed by atoms with E-state index in [-0.39, 0.29) is 64.9 Å². The fourth-order valence-electron chi connectivity index (χ4n) is 8.06. The molecule has 4 amide bonds. The van der Waals surface area contributed by atoms with Gasteiger partial charge in [0, 0.05) is 29.9 Å². The Morgan fingerprint density at radius 3 is 2.52 bits per heavy atom. The Morgan fingerprint density at radius 2 is 1.84 bits per heavy atom. The molecule has 44 heavy (non-hydrogen) atoms. The van der Waals surface area contributed by atoms with Crippen molar-refractivity contribution in [3.05, 3.63) is 48.7 Å². The van der Waals surface area contributed by atoms with Gasteiger partial charge in [-0.2, -0.15) is 0 Å². The number of aromatic nitrogens is 1. The quantitative estimate of drug-likeness (QED) is 0.310. The number of likely N-dealkylation sites (tertiary alicyclic amines) is 1. The van der Waals surface area contributed by atoms with Gasteiger partial charge < -0.3 is 25.8 Å². The smallest absolute Gasteiger partial charge is 0.268 e. The number of hydrogen-bond donors (Lipinski definition) is 4. The van der Waals surface area contributed by atoms with Crippen LogP contribution in [0.15, 0.2) is 43.0 Å². The van der Waals surface area contributed by atoms with E-state index in [4.69, 9.17) is 0 Å². The molecule has 4 fully saturated rings. The SMILES string of the molecule is C=CC(=O)[C@H](C[C@@H]1CCNC1=O)NC(=O)[C@@H]1[C@@H]2[C@H](CN1C(=O)[C@@H](NC(=O)c1cc3ccccc3[nH]1)C1CCCCC1)C2(C)C. The van der Waals surface area contributed by atoms with Crippen molar-refractivity contribution >= 4 is 40.3 Å². The average molecular weight is 602 g/mol. The van der Waals surface area contributed by atoms with Crippen molar-refractivity contribution in [1.29, 1.82) is 0 Å². The first-order valence-electron chi connectivity index (χ1n) is 16.0. The summed E-state index contributed by atoms with van der Waals surface area (Å²) < 4.78 is 0. The molecule has 0 spiro atoms. The molecule has 1 aromatic heterocycles. The number of ketones is 1. The van der Waals surface area contributed by atoms with E-state index in [1.54, 1.807) is 11.0 Å². The van der Waals surface area contributed by atoms with Crippen molar-refractivity contribution < 1.29 is 24.0 Å². The minimum Gasteiger partial charge on any atom is -0.356 e. The fourth-order valence-corrected chi connectivity index (χ4v) is 8.06. The van der Waals surface area contributed by atoms with E-state index < -0.39 is 18.1 Å². The van der Waals surface area contributed by atoms with E-state index >= 15 is 0 Å². The highest BCUT2D eigenvalue weighted by molar-refractivity contribution is 6.02. The number of amides is 4. The highest BCUT2D eigenvalue weighted by atomic mass is 16.2. The first kappa shape index (κ1) is 30.1. The van der Waals surface area contributed by atoms with Gasteiger partial charge in [0.2, 0.25) is 17.7 Å². The number of nitrogens with one attached hydrogen (secondary N) is 4. The Balaban J connectivity index is 1.24. The molecule has 6 rings (SSSR count). The number of rotatable bonds is 10. The van der Waals surface area contributed by atoms with Crippen molar-refractivity contribution in [3.8, 4) is 0 Å². The molecule has 2 aliphatic heterocycles. The lowest BCUT2D eigenvalue weighted by molar-refractivity contribution is -0.143. The molecule has 2 saturated heterocycles. The van der Waals surface area contributed by atoms with Crippen LogP contribution in [0.25, 0.3) is 10.9 Å². The summed E-state index contributed by atoms with van der Waals surface area (Å²) in [7, 11) is 0. The van der Waals surface area contributed by atoms with Crippen molar-refractivity contribution in [2.75, 3.05) is 13.1 Å². The Bertz CT molecular complexity index is 1460. The van der Waals surface area contributed by atoms with E-state index in [1.807, 2.05) is 24.3 Å². The third-order valence-corrected chi connectivity index (χ3v) is 10.8. The second-order valence-corrected chi connectivity index (χ2v) is 13.7. The number of benzene rings is 1. The van der Waals surface area contributed by atoms with Crippen LogP contribution in [0, 0.1) is 29.1 Å². The zero-order valence-corrected chi connectivity index (χ0v) is 25.6. The molecule has 4 N–H and O–H groups in total. The van der Waals surface area contributed by atoms with Gasteiger partial charge in [-0.25, -0.2) is 0 Å². The second-order valence-electron chi connectivity index (χ2n) is 13.7. The highest BCUT2D eigenvalue weighted by Crippen LogP contribution is 2.65. The Hall–Kier alpha value is -3.95. The van der Waals surface area contributed by atoms with Gasteiger partial charge in [0.05, 0.1) is 6.04 Å². The molecule has 2 aromatic rings. The number of fused-ring (bicyclic) bond motifs is 2. The lowest BCUT2D eigenvalue weighted by Crippen LogP contribution is -2.59. The number of carbonyl (C=O) groups is 5. The lowest BCUT2D eigenvalue weighted by atomic mass is 9.83. The van der Waals surface area contributed by atoms with Gasteiger partial charge in [-0.3, -0.25) is 24.0 Å². The summed E-state index contributed by atoms with van der Waals surface area (Å²) >= 11 is 0. The molecular formula is C34H43N5O5. The average Bonchev–Trinajstić information content (AvgIpc) is 3.54. The van der Waals surface area contributed by atoms with Crippen molar-refractivity contribution in [3.63, 3.8) is 0 Å². The highest BCUT2D eigenvalue weighted by Gasteiger charge is 2.69. The normalized spacial score (nSPS) is 27.2. The molecule has 1 aromatic carbocycles. The zero-order valence-electron chi connectivity index (χ0n) is 25.6. The summed E-state index contributed by atoms with van der Waals surface area (Å²) in [6.07, 6.45) is 6.68. The monoisotopic (exact) mass is 601 g/mol. The van der Waals surface area contributed by atoms with Gasteiger partial charge in [-0.05, 0) is 67.1 Å². The van der Waals surface area contributed by atoms with Crippen molar-refractivity contribution in [1.82, 2.24) is 25.8 Å². The van der Waals surface area contributed by atoms with Gasteiger partial charge in [0.15, 0.2) is 5.78 Å². The number of piperidine rings is 1. The molecule has 234 valence electrons. The lowest BCUT2D eigenvalue weighted by Gasteiger charge is -2.37. The van der Waals surface area contributed by atoms with Gasteiger partial charge in [-0.15, -0.1) is 0 Å². The summed E-state index contributed by atoms with van der Waals surface area (Å²) in [6.45, 7) is 8.78. The first-order chi connectivity index (χ1) is 21.1. The van der Waals surface area contributed by atoms with Crippen LogP contribution in [0.5, 0.6) is 0 Å². The summed E-state index contributed by atoms with van der Waals surface area (Å²) in [6, 6.07) is 7.00. The van der Waals surface area contributed by atoms with Crippen LogP contribution in [0.4, 0.5) is 0 Å². The maximum absolute atomic E-state index is 14.5. The standard InChI is InChI=1S/C34H43N5O5/c1-4-26(40)24(17-21-14-15-35-30(21)41)37-32(43)29-27-22(34(27,2)3)18-39(29)33(44)28(19-10-6-5-7-11-19)38-31(42)25-16-20-12-8-9-13-23(20)36-25/h4,8-9,12-13,16,19,21-22,24,27-29,36H,1,5-7,10-11,14-15,17-18H2,2-3H3,(H,35,41)(H,37,43)(H,38,42)/t21-,22-,24-,27-,28-,29-/m0/s1. The molecule has 3 heterocycles. The maximum atomic E-state index is 14.5. The van der Waals surface area contributed by atoms with Crippen LogP contribution in [-0.4, -0.2) is 70.5 Å². The van der Waals surface area contributed by atoms with Gasteiger partial charge >= 0.3 is 0 Å².